The highest BCUT2D eigenvalue weighted by Crippen LogP contribution is 2.36. The summed E-state index contributed by atoms with van der Waals surface area (Å²) in [6, 6.07) is 15.5. The van der Waals surface area contributed by atoms with Crippen LogP contribution in [0.3, 0.4) is 0 Å². The molecule has 24 heavy (non-hydrogen) atoms. The molecule has 0 radical (unpaired) electrons. The van der Waals surface area contributed by atoms with Crippen LogP contribution < -0.4 is 4.90 Å². The maximum atomic E-state index is 12.1. The van der Waals surface area contributed by atoms with Crippen LogP contribution in [0.4, 0.5) is 5.69 Å². The van der Waals surface area contributed by atoms with Crippen molar-refractivity contribution in [2.24, 2.45) is 0 Å². The van der Waals surface area contributed by atoms with Gasteiger partial charge in [0.2, 0.25) is 0 Å². The fourth-order valence-corrected chi connectivity index (χ4v) is 2.99. The molecule has 4 heteroatoms. The second-order valence-electron chi connectivity index (χ2n) is 5.95. The van der Waals surface area contributed by atoms with Gasteiger partial charge in [-0.2, -0.15) is 0 Å². The number of fused-ring (bicyclic) bond motifs is 1. The van der Waals surface area contributed by atoms with Crippen LogP contribution in [0, 0.1) is 0 Å². The molecule has 0 amide bonds. The zero-order chi connectivity index (χ0) is 17.3. The first-order chi connectivity index (χ1) is 11.5. The van der Waals surface area contributed by atoms with Crippen LogP contribution in [-0.4, -0.2) is 30.2 Å². The average Bonchev–Trinajstić information content (AvgIpc) is 2.59. The van der Waals surface area contributed by atoms with Gasteiger partial charge in [-0.25, -0.2) is 9.78 Å². The van der Waals surface area contributed by atoms with Gasteiger partial charge in [-0.1, -0.05) is 43.3 Å². The Labute approximate surface area is 141 Å². The highest BCUT2D eigenvalue weighted by Gasteiger charge is 2.23. The van der Waals surface area contributed by atoms with Gasteiger partial charge in [0, 0.05) is 25.0 Å². The lowest BCUT2D eigenvalue weighted by atomic mass is 9.98. The van der Waals surface area contributed by atoms with E-state index in [1.54, 1.807) is 0 Å². The highest BCUT2D eigenvalue weighted by atomic mass is 16.4. The molecule has 1 heterocycles. The Kier molecular flexibility index (Phi) is 4.21. The lowest BCUT2D eigenvalue weighted by molar-refractivity contribution is 0.0698. The van der Waals surface area contributed by atoms with Crippen LogP contribution in [0.5, 0.6) is 0 Å². The molecule has 0 unspecified atom stereocenters. The van der Waals surface area contributed by atoms with Crippen LogP contribution in [0.2, 0.25) is 0 Å². The van der Waals surface area contributed by atoms with Crippen molar-refractivity contribution in [3.63, 3.8) is 0 Å². The van der Waals surface area contributed by atoms with Crippen LogP contribution in [0.1, 0.15) is 22.8 Å². The van der Waals surface area contributed by atoms with Crippen LogP contribution in [-0.2, 0) is 6.42 Å². The van der Waals surface area contributed by atoms with Gasteiger partial charge in [-0.3, -0.25) is 0 Å². The number of carboxylic acids is 1. The zero-order valence-corrected chi connectivity index (χ0v) is 14.1. The van der Waals surface area contributed by atoms with Gasteiger partial charge in [0.25, 0.3) is 0 Å². The summed E-state index contributed by atoms with van der Waals surface area (Å²) in [6.45, 7) is 2.08. The summed E-state index contributed by atoms with van der Waals surface area (Å²) in [7, 11) is 3.74. The highest BCUT2D eigenvalue weighted by molar-refractivity contribution is 6.09. The minimum atomic E-state index is -0.964. The molecule has 0 aliphatic rings. The zero-order valence-electron chi connectivity index (χ0n) is 14.1. The molecular weight excluding hydrogens is 300 g/mol. The lowest BCUT2D eigenvalue weighted by Gasteiger charge is -2.21. The molecule has 1 aromatic heterocycles. The van der Waals surface area contributed by atoms with E-state index in [-0.39, 0.29) is 5.56 Å². The van der Waals surface area contributed by atoms with E-state index in [1.165, 1.54) is 0 Å². The number of hydrogen-bond acceptors (Lipinski definition) is 3. The number of anilines is 1. The van der Waals surface area contributed by atoms with Crippen LogP contribution in [0.25, 0.3) is 22.2 Å². The molecule has 1 N–H and O–H groups in total. The molecular formula is C20H20N2O2. The first-order valence-corrected chi connectivity index (χ1v) is 7.95. The van der Waals surface area contributed by atoms with Crippen molar-refractivity contribution in [1.29, 1.82) is 0 Å². The number of aromatic nitrogens is 1. The number of carbonyl (C=O) groups is 1. The molecule has 3 aromatic rings. The molecule has 0 fully saturated rings. The molecule has 3 rings (SSSR count). The van der Waals surface area contributed by atoms with Crippen molar-refractivity contribution in [1.82, 2.24) is 4.98 Å². The molecule has 0 saturated carbocycles. The first kappa shape index (κ1) is 16.0. The number of rotatable bonds is 4. The summed E-state index contributed by atoms with van der Waals surface area (Å²) in [4.78, 5) is 18.6. The Morgan fingerprint density at radius 2 is 1.83 bits per heavy atom. The van der Waals surface area contributed by atoms with Crippen molar-refractivity contribution in [3.8, 4) is 11.3 Å². The maximum absolute atomic E-state index is 12.1. The van der Waals surface area contributed by atoms with Gasteiger partial charge in [-0.05, 0) is 24.1 Å². The Bertz CT molecular complexity index is 902. The Balaban J connectivity index is 2.45. The van der Waals surface area contributed by atoms with E-state index in [4.69, 9.17) is 0 Å². The Hall–Kier alpha value is -2.88. The number of benzene rings is 2. The predicted molar refractivity (Wildman–Crippen MR) is 97.8 cm³/mol. The van der Waals surface area contributed by atoms with Gasteiger partial charge >= 0.3 is 5.97 Å². The van der Waals surface area contributed by atoms with E-state index in [9.17, 15) is 9.90 Å². The second-order valence-corrected chi connectivity index (χ2v) is 5.95. The fraction of sp³-hybridized carbons (Fsp3) is 0.200. The number of aromatic carboxylic acids is 1. The Morgan fingerprint density at radius 3 is 2.42 bits per heavy atom. The van der Waals surface area contributed by atoms with E-state index < -0.39 is 5.97 Å². The average molecular weight is 320 g/mol. The van der Waals surface area contributed by atoms with E-state index in [2.05, 4.69) is 11.9 Å². The largest absolute Gasteiger partial charge is 0.478 e. The smallest absolute Gasteiger partial charge is 0.340 e. The molecule has 0 aliphatic heterocycles. The van der Waals surface area contributed by atoms with Gasteiger partial charge in [0.1, 0.15) is 5.56 Å². The fourth-order valence-electron chi connectivity index (χ4n) is 2.99. The topological polar surface area (TPSA) is 53.4 Å². The first-order valence-electron chi connectivity index (χ1n) is 7.95. The lowest BCUT2D eigenvalue weighted by Crippen LogP contribution is -2.16. The summed E-state index contributed by atoms with van der Waals surface area (Å²) >= 11 is 0. The minimum absolute atomic E-state index is 0.243. The molecule has 4 nitrogen and oxygen atoms in total. The maximum Gasteiger partial charge on any atom is 0.340 e. The molecule has 0 bridgehead atoms. The van der Waals surface area contributed by atoms with Crippen molar-refractivity contribution in [2.45, 2.75) is 13.3 Å². The number of nitrogens with zero attached hydrogens (tertiary/aromatic N) is 2. The SMILES string of the molecule is CCc1ccc2nc(-c3ccccc3)c(C(=O)O)c(N(C)C)c2c1. The molecule has 0 saturated heterocycles. The third-order valence-corrected chi connectivity index (χ3v) is 4.14. The van der Waals surface area contributed by atoms with E-state index >= 15 is 0 Å². The van der Waals surface area contributed by atoms with Crippen LogP contribution in [0.15, 0.2) is 48.5 Å². The number of hydrogen-bond donors (Lipinski definition) is 1. The van der Waals surface area contributed by atoms with Crippen molar-refractivity contribution in [3.05, 3.63) is 59.7 Å². The number of aryl methyl sites for hydroxylation is 1. The van der Waals surface area contributed by atoms with Crippen molar-refractivity contribution in [2.75, 3.05) is 19.0 Å². The summed E-state index contributed by atoms with van der Waals surface area (Å²) < 4.78 is 0. The summed E-state index contributed by atoms with van der Waals surface area (Å²) in [5.41, 5.74) is 4.22. The monoisotopic (exact) mass is 320 g/mol. The molecule has 0 atom stereocenters. The summed E-state index contributed by atoms with van der Waals surface area (Å²) in [6.07, 6.45) is 0.894. The van der Waals surface area contributed by atoms with Gasteiger partial charge in [0.05, 0.1) is 16.9 Å². The van der Waals surface area contributed by atoms with Crippen molar-refractivity contribution < 1.29 is 9.90 Å². The third-order valence-electron chi connectivity index (χ3n) is 4.14. The summed E-state index contributed by atoms with van der Waals surface area (Å²) in [5, 5.41) is 10.7. The minimum Gasteiger partial charge on any atom is -0.478 e. The quantitative estimate of drug-likeness (QED) is 0.781. The molecule has 0 spiro atoms. The van der Waals surface area contributed by atoms with E-state index in [1.807, 2.05) is 67.5 Å². The van der Waals surface area contributed by atoms with E-state index in [0.29, 0.717) is 11.4 Å². The third kappa shape index (κ3) is 2.71. The van der Waals surface area contributed by atoms with Gasteiger partial charge < -0.3 is 10.0 Å². The number of carboxylic acid groups (broad SMARTS) is 1. The Morgan fingerprint density at radius 1 is 1.12 bits per heavy atom. The van der Waals surface area contributed by atoms with Gasteiger partial charge in [-0.15, -0.1) is 0 Å². The predicted octanol–water partition coefficient (Wildman–Crippen LogP) is 4.23. The van der Waals surface area contributed by atoms with Crippen LogP contribution >= 0.6 is 0 Å². The molecule has 0 aliphatic carbocycles. The van der Waals surface area contributed by atoms with E-state index in [0.717, 1.165) is 28.5 Å². The second kappa shape index (κ2) is 6.32. The number of pyridine rings is 1. The summed E-state index contributed by atoms with van der Waals surface area (Å²) in [5.74, 6) is -0.964. The molecule has 2 aromatic carbocycles. The molecule has 122 valence electrons. The van der Waals surface area contributed by atoms with Gasteiger partial charge in [0.15, 0.2) is 0 Å². The van der Waals surface area contributed by atoms with Crippen molar-refractivity contribution >= 4 is 22.6 Å². The normalized spacial score (nSPS) is 10.8. The standard InChI is InChI=1S/C20H20N2O2/c1-4-13-10-11-16-15(12-13)19(22(2)3)17(20(23)24)18(21-16)14-8-6-5-7-9-14/h5-12H,4H2,1-3H3,(H,23,24).